The number of methoxy groups -OCH3 is 2. The Morgan fingerprint density at radius 2 is 2.09 bits per heavy atom. The first-order valence-electron chi connectivity index (χ1n) is 10.6. The first-order chi connectivity index (χ1) is 15.5. The third kappa shape index (κ3) is 4.23. The lowest BCUT2D eigenvalue weighted by molar-refractivity contribution is -0.125. The molecule has 1 amide bonds. The van der Waals surface area contributed by atoms with Crippen LogP contribution < -0.4 is 25.2 Å². The van der Waals surface area contributed by atoms with E-state index in [0.29, 0.717) is 48.1 Å². The zero-order valence-electron chi connectivity index (χ0n) is 18.5. The molecular formula is C23H27N5O4. The quantitative estimate of drug-likeness (QED) is 0.629. The monoisotopic (exact) mass is 437 g/mol. The fraction of sp³-hybridized carbons (Fsp3) is 0.391. The Morgan fingerprint density at radius 1 is 1.25 bits per heavy atom. The normalized spacial score (nSPS) is 16.1. The number of carbonyl (C=O) groups is 1. The van der Waals surface area contributed by atoms with E-state index in [9.17, 15) is 9.59 Å². The number of hydrogen-bond donors (Lipinski definition) is 1. The molecule has 1 saturated heterocycles. The fourth-order valence-electron chi connectivity index (χ4n) is 4.08. The van der Waals surface area contributed by atoms with Crippen molar-refractivity contribution in [3.8, 4) is 11.5 Å². The average molecular weight is 438 g/mol. The van der Waals surface area contributed by atoms with E-state index in [-0.39, 0.29) is 17.4 Å². The number of rotatable bonds is 6. The van der Waals surface area contributed by atoms with Gasteiger partial charge in [0, 0.05) is 38.4 Å². The maximum absolute atomic E-state index is 12.9. The standard InChI is InChI=1S/C23H27N5O4/c1-27-20-18(7-4-10-24-20)26-21(23(27)30)28-11-5-6-15(14-28)22(29)25-13-16-12-17(31-2)8-9-19(16)32-3/h4,7-10,12,15H,5-6,11,13-14H2,1-3H3,(H,25,29). The number of aryl methyl sites for hydroxylation is 1. The van der Waals surface area contributed by atoms with Gasteiger partial charge in [-0.3, -0.25) is 14.2 Å². The number of nitrogens with one attached hydrogen (secondary N) is 1. The molecule has 1 aliphatic heterocycles. The summed E-state index contributed by atoms with van der Waals surface area (Å²) in [5.41, 5.74) is 1.82. The van der Waals surface area contributed by atoms with Crippen LogP contribution in [0.4, 0.5) is 5.82 Å². The van der Waals surface area contributed by atoms with Crippen LogP contribution in [0.5, 0.6) is 11.5 Å². The van der Waals surface area contributed by atoms with Crippen molar-refractivity contribution in [2.75, 3.05) is 32.2 Å². The lowest BCUT2D eigenvalue weighted by Gasteiger charge is -2.32. The molecular weight excluding hydrogens is 410 g/mol. The Balaban J connectivity index is 1.49. The number of ether oxygens (including phenoxy) is 2. The number of piperidine rings is 1. The minimum Gasteiger partial charge on any atom is -0.497 e. The fourth-order valence-corrected chi connectivity index (χ4v) is 4.08. The van der Waals surface area contributed by atoms with Gasteiger partial charge < -0.3 is 19.7 Å². The van der Waals surface area contributed by atoms with Gasteiger partial charge in [0.15, 0.2) is 11.5 Å². The van der Waals surface area contributed by atoms with Crippen molar-refractivity contribution in [2.24, 2.45) is 13.0 Å². The van der Waals surface area contributed by atoms with Gasteiger partial charge in [0.2, 0.25) is 5.91 Å². The van der Waals surface area contributed by atoms with Crippen LogP contribution in [0.2, 0.25) is 0 Å². The van der Waals surface area contributed by atoms with E-state index in [2.05, 4.69) is 15.3 Å². The highest BCUT2D eigenvalue weighted by Crippen LogP contribution is 2.25. The van der Waals surface area contributed by atoms with Crippen molar-refractivity contribution in [1.82, 2.24) is 19.9 Å². The third-order valence-electron chi connectivity index (χ3n) is 5.84. The van der Waals surface area contributed by atoms with Crippen LogP contribution in [0.1, 0.15) is 18.4 Å². The Bertz CT molecular complexity index is 1190. The lowest BCUT2D eigenvalue weighted by Crippen LogP contribution is -2.45. The van der Waals surface area contributed by atoms with Gasteiger partial charge in [-0.05, 0) is 43.2 Å². The van der Waals surface area contributed by atoms with Gasteiger partial charge >= 0.3 is 0 Å². The van der Waals surface area contributed by atoms with Crippen molar-refractivity contribution in [2.45, 2.75) is 19.4 Å². The lowest BCUT2D eigenvalue weighted by atomic mass is 9.97. The molecule has 9 nitrogen and oxygen atoms in total. The van der Waals surface area contributed by atoms with Crippen molar-refractivity contribution in [3.63, 3.8) is 0 Å². The van der Waals surface area contributed by atoms with Crippen molar-refractivity contribution in [3.05, 3.63) is 52.4 Å². The Hall–Kier alpha value is -3.62. The van der Waals surface area contributed by atoms with E-state index >= 15 is 0 Å². The highest BCUT2D eigenvalue weighted by atomic mass is 16.5. The number of nitrogens with zero attached hydrogens (tertiary/aromatic N) is 4. The molecule has 3 heterocycles. The number of hydrogen-bond acceptors (Lipinski definition) is 7. The molecule has 4 rings (SSSR count). The van der Waals surface area contributed by atoms with Crippen LogP contribution >= 0.6 is 0 Å². The maximum atomic E-state index is 12.9. The molecule has 0 bridgehead atoms. The number of benzene rings is 1. The zero-order chi connectivity index (χ0) is 22.7. The molecule has 1 aromatic carbocycles. The summed E-state index contributed by atoms with van der Waals surface area (Å²) >= 11 is 0. The number of fused-ring (bicyclic) bond motifs is 1. The number of amides is 1. The van der Waals surface area contributed by atoms with Crippen LogP contribution in [0, 0.1) is 5.92 Å². The highest BCUT2D eigenvalue weighted by Gasteiger charge is 2.28. The van der Waals surface area contributed by atoms with Gasteiger partial charge in [-0.15, -0.1) is 0 Å². The third-order valence-corrected chi connectivity index (χ3v) is 5.84. The molecule has 168 valence electrons. The van der Waals surface area contributed by atoms with Crippen LogP contribution in [0.3, 0.4) is 0 Å². The number of aromatic nitrogens is 3. The average Bonchev–Trinajstić information content (AvgIpc) is 2.84. The summed E-state index contributed by atoms with van der Waals surface area (Å²) in [5.74, 6) is 1.45. The summed E-state index contributed by atoms with van der Waals surface area (Å²) in [7, 11) is 4.89. The van der Waals surface area contributed by atoms with Crippen LogP contribution in [0.15, 0.2) is 41.3 Å². The molecule has 0 aliphatic carbocycles. The SMILES string of the molecule is COc1ccc(OC)c(CNC(=O)C2CCCN(c3nc4cccnc4n(C)c3=O)C2)c1. The molecule has 1 N–H and O–H groups in total. The summed E-state index contributed by atoms with van der Waals surface area (Å²) in [6, 6.07) is 9.11. The second kappa shape index (κ2) is 9.25. The second-order valence-corrected chi connectivity index (χ2v) is 7.83. The van der Waals surface area contributed by atoms with Gasteiger partial charge in [-0.1, -0.05) is 0 Å². The Kier molecular flexibility index (Phi) is 6.25. The topological polar surface area (TPSA) is 98.6 Å². The van der Waals surface area contributed by atoms with Crippen LogP contribution in [-0.2, 0) is 18.4 Å². The zero-order valence-corrected chi connectivity index (χ0v) is 18.5. The van der Waals surface area contributed by atoms with Gasteiger partial charge in [-0.2, -0.15) is 0 Å². The Morgan fingerprint density at radius 3 is 2.88 bits per heavy atom. The summed E-state index contributed by atoms with van der Waals surface area (Å²) in [5, 5.41) is 3.01. The Labute approximate surface area is 186 Å². The van der Waals surface area contributed by atoms with E-state index in [4.69, 9.17) is 9.47 Å². The van der Waals surface area contributed by atoms with E-state index < -0.39 is 0 Å². The summed E-state index contributed by atoms with van der Waals surface area (Å²) in [6.45, 7) is 1.45. The molecule has 0 radical (unpaired) electrons. The first-order valence-corrected chi connectivity index (χ1v) is 10.6. The minimum atomic E-state index is -0.239. The summed E-state index contributed by atoms with van der Waals surface area (Å²) in [4.78, 5) is 36.6. The molecule has 1 aliphatic rings. The second-order valence-electron chi connectivity index (χ2n) is 7.83. The van der Waals surface area contributed by atoms with E-state index in [0.717, 1.165) is 18.4 Å². The predicted molar refractivity (Wildman–Crippen MR) is 121 cm³/mol. The summed E-state index contributed by atoms with van der Waals surface area (Å²) < 4.78 is 12.2. The molecule has 32 heavy (non-hydrogen) atoms. The largest absolute Gasteiger partial charge is 0.497 e. The van der Waals surface area contributed by atoms with Crippen molar-refractivity contribution >= 4 is 22.9 Å². The summed E-state index contributed by atoms with van der Waals surface area (Å²) in [6.07, 6.45) is 3.20. The van der Waals surface area contributed by atoms with Crippen molar-refractivity contribution < 1.29 is 14.3 Å². The van der Waals surface area contributed by atoms with Gasteiger partial charge in [-0.25, -0.2) is 9.97 Å². The van der Waals surface area contributed by atoms with Gasteiger partial charge in [0.1, 0.15) is 17.0 Å². The molecule has 0 spiro atoms. The smallest absolute Gasteiger partial charge is 0.294 e. The number of pyridine rings is 1. The number of carbonyl (C=O) groups excluding carboxylic acids is 1. The molecule has 1 atom stereocenters. The van der Waals surface area contributed by atoms with Gasteiger partial charge in [0.25, 0.3) is 5.56 Å². The molecule has 9 heteroatoms. The first kappa shape index (κ1) is 21.6. The molecule has 2 aromatic heterocycles. The maximum Gasteiger partial charge on any atom is 0.294 e. The van der Waals surface area contributed by atoms with Crippen LogP contribution in [-0.4, -0.2) is 47.8 Å². The predicted octanol–water partition coefficient (Wildman–Crippen LogP) is 1.88. The minimum absolute atomic E-state index is 0.0566. The molecule has 3 aromatic rings. The van der Waals surface area contributed by atoms with Crippen molar-refractivity contribution in [1.29, 1.82) is 0 Å². The van der Waals surface area contributed by atoms with Crippen LogP contribution in [0.25, 0.3) is 11.2 Å². The molecule has 1 unspecified atom stereocenters. The highest BCUT2D eigenvalue weighted by molar-refractivity contribution is 5.80. The van der Waals surface area contributed by atoms with E-state index in [1.807, 2.05) is 29.2 Å². The molecule has 0 saturated carbocycles. The number of anilines is 1. The van der Waals surface area contributed by atoms with Gasteiger partial charge in [0.05, 0.1) is 20.1 Å². The van der Waals surface area contributed by atoms with E-state index in [1.165, 1.54) is 4.57 Å². The molecule has 1 fully saturated rings. The van der Waals surface area contributed by atoms with E-state index in [1.54, 1.807) is 33.5 Å².